The van der Waals surface area contributed by atoms with Gasteiger partial charge >= 0.3 is 0 Å². The lowest BCUT2D eigenvalue weighted by Crippen LogP contribution is -2.23. The van der Waals surface area contributed by atoms with E-state index in [2.05, 4.69) is 11.8 Å². The minimum atomic E-state index is -0.435. The molecule has 2 nitrogen and oxygen atoms in total. The largest absolute Gasteiger partial charge is 0.372 e. The van der Waals surface area contributed by atoms with Crippen molar-refractivity contribution in [2.75, 3.05) is 18.0 Å². The fourth-order valence-corrected chi connectivity index (χ4v) is 1.61. The maximum Gasteiger partial charge on any atom is 0.143 e. The normalized spacial score (nSPS) is 9.88. The third kappa shape index (κ3) is 2.96. The highest BCUT2D eigenvalue weighted by Gasteiger charge is 2.07. The average molecular weight is 220 g/mol. The van der Waals surface area contributed by atoms with Crippen molar-refractivity contribution in [2.24, 2.45) is 0 Å². The standard InChI is InChI=1S/C13H17FN2/c1-3-5-8-16(4-2)12-7-6-11(10-15)13(14)9-12/h6-7,9H,3-5,8H2,1-2H3. The molecular weight excluding hydrogens is 203 g/mol. The number of halogens is 1. The maximum atomic E-state index is 13.4. The Labute approximate surface area is 96.3 Å². The predicted molar refractivity (Wildman–Crippen MR) is 63.9 cm³/mol. The van der Waals surface area contributed by atoms with Crippen LogP contribution in [0.25, 0.3) is 0 Å². The molecule has 0 amide bonds. The lowest BCUT2D eigenvalue weighted by molar-refractivity contribution is 0.622. The molecule has 0 spiro atoms. The molecule has 0 aromatic heterocycles. The van der Waals surface area contributed by atoms with Crippen LogP contribution in [0.2, 0.25) is 0 Å². The van der Waals surface area contributed by atoms with E-state index < -0.39 is 5.82 Å². The Morgan fingerprint density at radius 1 is 1.38 bits per heavy atom. The second kappa shape index (κ2) is 6.12. The smallest absolute Gasteiger partial charge is 0.143 e. The van der Waals surface area contributed by atoms with Gasteiger partial charge in [0.2, 0.25) is 0 Å². The Balaban J connectivity index is 2.86. The first-order valence-corrected chi connectivity index (χ1v) is 5.67. The third-order valence-electron chi connectivity index (χ3n) is 2.60. The first-order chi connectivity index (χ1) is 7.72. The minimum Gasteiger partial charge on any atom is -0.372 e. The highest BCUT2D eigenvalue weighted by molar-refractivity contribution is 5.50. The van der Waals surface area contributed by atoms with Gasteiger partial charge in [-0.2, -0.15) is 5.26 Å². The molecule has 0 saturated carbocycles. The fraction of sp³-hybridized carbons (Fsp3) is 0.462. The Morgan fingerprint density at radius 2 is 2.12 bits per heavy atom. The quantitative estimate of drug-likeness (QED) is 0.761. The molecule has 1 aromatic rings. The van der Waals surface area contributed by atoms with Gasteiger partial charge in [0.15, 0.2) is 0 Å². The van der Waals surface area contributed by atoms with E-state index in [1.807, 2.05) is 13.0 Å². The second-order valence-electron chi connectivity index (χ2n) is 3.71. The topological polar surface area (TPSA) is 27.0 Å². The molecule has 0 fully saturated rings. The molecular formula is C13H17FN2. The van der Waals surface area contributed by atoms with Crippen LogP contribution < -0.4 is 4.90 Å². The molecule has 0 aliphatic heterocycles. The molecule has 3 heteroatoms. The Bertz CT molecular complexity index is 382. The molecule has 0 atom stereocenters. The molecule has 0 aliphatic carbocycles. The Kier molecular flexibility index (Phi) is 4.78. The van der Waals surface area contributed by atoms with Crippen molar-refractivity contribution < 1.29 is 4.39 Å². The van der Waals surface area contributed by atoms with Crippen molar-refractivity contribution in [3.8, 4) is 6.07 Å². The van der Waals surface area contributed by atoms with Crippen LogP contribution in [0.4, 0.5) is 10.1 Å². The zero-order valence-corrected chi connectivity index (χ0v) is 9.83. The van der Waals surface area contributed by atoms with Gasteiger partial charge in [-0.3, -0.25) is 0 Å². The molecule has 86 valence electrons. The van der Waals surface area contributed by atoms with E-state index in [1.165, 1.54) is 6.07 Å². The van der Waals surface area contributed by atoms with Gasteiger partial charge in [-0.15, -0.1) is 0 Å². The first-order valence-electron chi connectivity index (χ1n) is 5.67. The number of unbranched alkanes of at least 4 members (excludes halogenated alkanes) is 1. The van der Waals surface area contributed by atoms with E-state index in [0.29, 0.717) is 0 Å². The highest BCUT2D eigenvalue weighted by Crippen LogP contribution is 2.18. The molecule has 1 aromatic carbocycles. The van der Waals surface area contributed by atoms with Crippen molar-refractivity contribution >= 4 is 5.69 Å². The molecule has 0 saturated heterocycles. The van der Waals surface area contributed by atoms with Gasteiger partial charge in [0.25, 0.3) is 0 Å². The summed E-state index contributed by atoms with van der Waals surface area (Å²) in [7, 11) is 0. The predicted octanol–water partition coefficient (Wildman–Crippen LogP) is 3.32. The lowest BCUT2D eigenvalue weighted by atomic mass is 10.2. The molecule has 0 aliphatic rings. The summed E-state index contributed by atoms with van der Waals surface area (Å²) in [6, 6.07) is 6.62. The van der Waals surface area contributed by atoms with Crippen LogP contribution in [-0.2, 0) is 0 Å². The Morgan fingerprint density at radius 3 is 2.62 bits per heavy atom. The average Bonchev–Trinajstić information content (AvgIpc) is 2.30. The summed E-state index contributed by atoms with van der Waals surface area (Å²) in [5, 5.41) is 8.64. The second-order valence-corrected chi connectivity index (χ2v) is 3.71. The zero-order chi connectivity index (χ0) is 12.0. The summed E-state index contributed by atoms with van der Waals surface area (Å²) >= 11 is 0. The first kappa shape index (κ1) is 12.5. The van der Waals surface area contributed by atoms with E-state index in [-0.39, 0.29) is 5.56 Å². The van der Waals surface area contributed by atoms with Crippen molar-refractivity contribution in [3.63, 3.8) is 0 Å². The van der Waals surface area contributed by atoms with Crippen LogP contribution in [0.1, 0.15) is 32.3 Å². The number of rotatable bonds is 5. The summed E-state index contributed by atoms with van der Waals surface area (Å²) in [5.74, 6) is -0.435. The summed E-state index contributed by atoms with van der Waals surface area (Å²) in [6.45, 7) is 5.96. The summed E-state index contributed by atoms with van der Waals surface area (Å²) < 4.78 is 13.4. The number of benzene rings is 1. The number of hydrogen-bond donors (Lipinski definition) is 0. The SMILES string of the molecule is CCCCN(CC)c1ccc(C#N)c(F)c1. The van der Waals surface area contributed by atoms with E-state index in [4.69, 9.17) is 5.26 Å². The van der Waals surface area contributed by atoms with Gasteiger partial charge in [0, 0.05) is 18.8 Å². The van der Waals surface area contributed by atoms with Crippen LogP contribution in [0.3, 0.4) is 0 Å². The number of hydrogen-bond acceptors (Lipinski definition) is 2. The molecule has 0 heterocycles. The zero-order valence-electron chi connectivity index (χ0n) is 9.83. The molecule has 0 unspecified atom stereocenters. The number of nitriles is 1. The minimum absolute atomic E-state index is 0.107. The van der Waals surface area contributed by atoms with E-state index >= 15 is 0 Å². The summed E-state index contributed by atoms with van der Waals surface area (Å²) in [6.07, 6.45) is 2.21. The fourth-order valence-electron chi connectivity index (χ4n) is 1.61. The van der Waals surface area contributed by atoms with Gasteiger partial charge in [-0.1, -0.05) is 13.3 Å². The van der Waals surface area contributed by atoms with Crippen LogP contribution >= 0.6 is 0 Å². The van der Waals surface area contributed by atoms with E-state index in [0.717, 1.165) is 31.6 Å². The number of anilines is 1. The lowest BCUT2D eigenvalue weighted by Gasteiger charge is -2.23. The molecule has 0 radical (unpaired) electrons. The monoisotopic (exact) mass is 220 g/mol. The molecule has 0 bridgehead atoms. The third-order valence-corrected chi connectivity index (χ3v) is 2.60. The van der Waals surface area contributed by atoms with Gasteiger partial charge in [-0.25, -0.2) is 4.39 Å². The van der Waals surface area contributed by atoms with E-state index in [1.54, 1.807) is 12.1 Å². The molecule has 16 heavy (non-hydrogen) atoms. The van der Waals surface area contributed by atoms with Crippen LogP contribution in [-0.4, -0.2) is 13.1 Å². The van der Waals surface area contributed by atoms with Crippen molar-refractivity contribution in [1.29, 1.82) is 5.26 Å². The van der Waals surface area contributed by atoms with Crippen molar-refractivity contribution in [2.45, 2.75) is 26.7 Å². The van der Waals surface area contributed by atoms with Crippen molar-refractivity contribution in [3.05, 3.63) is 29.6 Å². The van der Waals surface area contributed by atoms with Crippen LogP contribution in [0, 0.1) is 17.1 Å². The Hall–Kier alpha value is -1.56. The van der Waals surface area contributed by atoms with Crippen LogP contribution in [0.5, 0.6) is 0 Å². The number of nitrogens with zero attached hydrogens (tertiary/aromatic N) is 2. The molecule has 1 rings (SSSR count). The molecule has 0 N–H and O–H groups in total. The van der Waals surface area contributed by atoms with E-state index in [9.17, 15) is 4.39 Å². The highest BCUT2D eigenvalue weighted by atomic mass is 19.1. The van der Waals surface area contributed by atoms with Gasteiger partial charge in [0.05, 0.1) is 5.56 Å². The summed E-state index contributed by atoms with van der Waals surface area (Å²) in [4.78, 5) is 2.12. The maximum absolute atomic E-state index is 13.4. The van der Waals surface area contributed by atoms with Crippen molar-refractivity contribution in [1.82, 2.24) is 0 Å². The van der Waals surface area contributed by atoms with Gasteiger partial charge in [0.1, 0.15) is 11.9 Å². The van der Waals surface area contributed by atoms with Crippen LogP contribution in [0.15, 0.2) is 18.2 Å². The van der Waals surface area contributed by atoms with Gasteiger partial charge < -0.3 is 4.90 Å². The van der Waals surface area contributed by atoms with Gasteiger partial charge in [-0.05, 0) is 31.5 Å². The summed E-state index contributed by atoms with van der Waals surface area (Å²) in [5.41, 5.74) is 0.961.